The fourth-order valence-corrected chi connectivity index (χ4v) is 4.68. The van der Waals surface area contributed by atoms with Crippen LogP contribution in [0.2, 0.25) is 0 Å². The molecule has 1 aliphatic carbocycles. The number of H-pyrrole nitrogens is 1. The third kappa shape index (κ3) is 6.49. The molecular weight excluding hydrogens is 460 g/mol. The molecule has 10 nitrogen and oxygen atoms in total. The Morgan fingerprint density at radius 3 is 2.56 bits per heavy atom. The van der Waals surface area contributed by atoms with Crippen LogP contribution in [0.3, 0.4) is 0 Å². The van der Waals surface area contributed by atoms with E-state index < -0.39 is 29.2 Å². The highest BCUT2D eigenvalue weighted by Crippen LogP contribution is 2.28. The van der Waals surface area contributed by atoms with Crippen LogP contribution in [0.25, 0.3) is 10.9 Å². The standard InChI is InChI=1S/C23H30N4O6S/c1-34-11-10-18(22(31)32)25-20(29)15-8-6-14(7-9-15)12-24-19(28)13-27-21(30)16-4-2-3-5-17(16)26-23(27)33/h2-5,14-15,18H,6-13H2,1H3,(H,24,28)(H,25,29)(H,26,33)(H,31,32)/t14?,15?,18-/m0/s1. The molecule has 0 unspecified atom stereocenters. The topological polar surface area (TPSA) is 150 Å². The van der Waals surface area contributed by atoms with Crippen LogP contribution in [-0.2, 0) is 20.9 Å². The fourth-order valence-electron chi connectivity index (χ4n) is 4.21. The number of nitrogens with one attached hydrogen (secondary N) is 3. The Balaban J connectivity index is 1.47. The van der Waals surface area contributed by atoms with Crippen LogP contribution in [0, 0.1) is 11.8 Å². The van der Waals surface area contributed by atoms with Gasteiger partial charge in [-0.15, -0.1) is 0 Å². The van der Waals surface area contributed by atoms with E-state index in [2.05, 4.69) is 15.6 Å². The van der Waals surface area contributed by atoms with Crippen molar-refractivity contribution in [3.63, 3.8) is 0 Å². The molecule has 1 fully saturated rings. The molecule has 0 spiro atoms. The minimum absolute atomic E-state index is 0.173. The SMILES string of the molecule is CSCC[C@H](NC(=O)C1CCC(CNC(=O)Cn2c(=O)[nH]c3ccccc3c2=O)CC1)C(=O)O. The summed E-state index contributed by atoms with van der Waals surface area (Å²) in [5.41, 5.74) is -0.727. The van der Waals surface area contributed by atoms with E-state index in [0.29, 0.717) is 42.5 Å². The van der Waals surface area contributed by atoms with Gasteiger partial charge in [0.05, 0.1) is 10.9 Å². The van der Waals surface area contributed by atoms with Gasteiger partial charge in [0.2, 0.25) is 11.8 Å². The van der Waals surface area contributed by atoms with Gasteiger partial charge in [0.25, 0.3) is 5.56 Å². The number of hydrogen-bond donors (Lipinski definition) is 4. The molecule has 1 saturated carbocycles. The quantitative estimate of drug-likeness (QED) is 0.387. The predicted octanol–water partition coefficient (Wildman–Crippen LogP) is 0.935. The Kier molecular flexibility index (Phi) is 8.91. The first-order chi connectivity index (χ1) is 16.3. The summed E-state index contributed by atoms with van der Waals surface area (Å²) in [7, 11) is 0. The second-order valence-corrected chi connectivity index (χ2v) is 9.56. The molecule has 2 aromatic rings. The van der Waals surface area contributed by atoms with Gasteiger partial charge in [-0.2, -0.15) is 11.8 Å². The molecule has 184 valence electrons. The number of fused-ring (bicyclic) bond motifs is 1. The molecular formula is C23H30N4O6S. The smallest absolute Gasteiger partial charge is 0.329 e. The molecule has 1 aliphatic rings. The number of rotatable bonds is 10. The van der Waals surface area contributed by atoms with Gasteiger partial charge in [-0.1, -0.05) is 12.1 Å². The summed E-state index contributed by atoms with van der Waals surface area (Å²) in [5, 5.41) is 15.1. The second kappa shape index (κ2) is 11.9. The zero-order valence-corrected chi connectivity index (χ0v) is 19.9. The molecule has 0 aliphatic heterocycles. The summed E-state index contributed by atoms with van der Waals surface area (Å²) >= 11 is 1.53. The van der Waals surface area contributed by atoms with Crippen molar-refractivity contribution < 1.29 is 19.5 Å². The Labute approximate surface area is 200 Å². The highest BCUT2D eigenvalue weighted by Gasteiger charge is 2.29. The van der Waals surface area contributed by atoms with E-state index in [1.54, 1.807) is 24.3 Å². The number of para-hydroxylation sites is 1. The normalized spacial score (nSPS) is 18.9. The fraction of sp³-hybridized carbons (Fsp3) is 0.522. The van der Waals surface area contributed by atoms with Crippen molar-refractivity contribution in [3.8, 4) is 0 Å². The van der Waals surface area contributed by atoms with Crippen LogP contribution in [-0.4, -0.2) is 57.0 Å². The maximum atomic E-state index is 12.6. The first-order valence-corrected chi connectivity index (χ1v) is 12.7. The van der Waals surface area contributed by atoms with Crippen molar-refractivity contribution in [2.45, 2.75) is 44.7 Å². The molecule has 3 rings (SSSR count). The number of aromatic amines is 1. The molecule has 0 radical (unpaired) electrons. The lowest BCUT2D eigenvalue weighted by molar-refractivity contribution is -0.142. The van der Waals surface area contributed by atoms with Crippen molar-refractivity contribution in [2.24, 2.45) is 11.8 Å². The van der Waals surface area contributed by atoms with E-state index in [1.807, 2.05) is 6.26 Å². The van der Waals surface area contributed by atoms with Gasteiger partial charge in [0, 0.05) is 12.5 Å². The van der Waals surface area contributed by atoms with Gasteiger partial charge >= 0.3 is 11.7 Å². The molecule has 0 saturated heterocycles. The molecule has 0 bridgehead atoms. The Morgan fingerprint density at radius 2 is 1.88 bits per heavy atom. The minimum Gasteiger partial charge on any atom is -0.480 e. The molecule has 1 heterocycles. The monoisotopic (exact) mass is 490 g/mol. The van der Waals surface area contributed by atoms with Gasteiger partial charge in [-0.25, -0.2) is 9.59 Å². The van der Waals surface area contributed by atoms with E-state index >= 15 is 0 Å². The number of benzene rings is 1. The number of thioether (sulfide) groups is 1. The first kappa shape index (κ1) is 25.5. The Bertz CT molecular complexity index is 1150. The molecule has 1 aromatic carbocycles. The van der Waals surface area contributed by atoms with Gasteiger partial charge in [0.15, 0.2) is 0 Å². The lowest BCUT2D eigenvalue weighted by atomic mass is 9.81. The summed E-state index contributed by atoms with van der Waals surface area (Å²) < 4.78 is 0.884. The number of carbonyl (C=O) groups is 3. The Morgan fingerprint density at radius 1 is 1.18 bits per heavy atom. The summed E-state index contributed by atoms with van der Waals surface area (Å²) in [6, 6.07) is 5.75. The van der Waals surface area contributed by atoms with Crippen LogP contribution in [0.5, 0.6) is 0 Å². The maximum Gasteiger partial charge on any atom is 0.329 e. The number of amides is 2. The summed E-state index contributed by atoms with van der Waals surface area (Å²) in [4.78, 5) is 63.6. The molecule has 11 heteroatoms. The van der Waals surface area contributed by atoms with Crippen LogP contribution in [0.4, 0.5) is 0 Å². The summed E-state index contributed by atoms with van der Waals surface area (Å²) in [5.74, 6) is -1.10. The van der Waals surface area contributed by atoms with Crippen molar-refractivity contribution in [3.05, 3.63) is 45.1 Å². The zero-order valence-electron chi connectivity index (χ0n) is 19.0. The van der Waals surface area contributed by atoms with E-state index in [1.165, 1.54) is 11.8 Å². The number of carbonyl (C=O) groups excluding carboxylic acids is 2. The lowest BCUT2D eigenvalue weighted by Crippen LogP contribution is -2.45. The number of aliphatic carboxylic acids is 1. The van der Waals surface area contributed by atoms with Crippen molar-refractivity contribution in [1.29, 1.82) is 0 Å². The van der Waals surface area contributed by atoms with E-state index in [0.717, 1.165) is 17.4 Å². The van der Waals surface area contributed by atoms with Gasteiger partial charge < -0.3 is 20.7 Å². The average Bonchev–Trinajstić information content (AvgIpc) is 2.83. The summed E-state index contributed by atoms with van der Waals surface area (Å²) in [6.45, 7) is 0.0161. The largest absolute Gasteiger partial charge is 0.480 e. The molecule has 2 amide bonds. The number of nitrogens with zero attached hydrogens (tertiary/aromatic N) is 1. The average molecular weight is 491 g/mol. The molecule has 1 atom stereocenters. The van der Waals surface area contributed by atoms with Crippen LogP contribution >= 0.6 is 11.8 Å². The first-order valence-electron chi connectivity index (χ1n) is 11.3. The van der Waals surface area contributed by atoms with Gasteiger partial charge in [-0.3, -0.25) is 19.0 Å². The number of aromatic nitrogens is 2. The highest BCUT2D eigenvalue weighted by molar-refractivity contribution is 7.98. The third-order valence-corrected chi connectivity index (χ3v) is 6.87. The molecule has 34 heavy (non-hydrogen) atoms. The number of carboxylic acids is 1. The van der Waals surface area contributed by atoms with Crippen molar-refractivity contribution >= 4 is 40.4 Å². The van der Waals surface area contributed by atoms with Crippen molar-refractivity contribution in [1.82, 2.24) is 20.2 Å². The Hall–Kier alpha value is -3.08. The molecule has 1 aromatic heterocycles. The maximum absolute atomic E-state index is 12.6. The van der Waals surface area contributed by atoms with Crippen molar-refractivity contribution in [2.75, 3.05) is 18.6 Å². The second-order valence-electron chi connectivity index (χ2n) is 8.57. The van der Waals surface area contributed by atoms with Crippen LogP contribution in [0.1, 0.15) is 32.1 Å². The molecule has 4 N–H and O–H groups in total. The third-order valence-electron chi connectivity index (χ3n) is 6.22. The van der Waals surface area contributed by atoms with E-state index in [4.69, 9.17) is 0 Å². The van der Waals surface area contributed by atoms with E-state index in [-0.39, 0.29) is 24.3 Å². The van der Waals surface area contributed by atoms with Crippen LogP contribution in [0.15, 0.2) is 33.9 Å². The lowest BCUT2D eigenvalue weighted by Gasteiger charge is -2.28. The zero-order chi connectivity index (χ0) is 24.7. The van der Waals surface area contributed by atoms with Gasteiger partial charge in [-0.05, 0) is 62.2 Å². The van der Waals surface area contributed by atoms with Gasteiger partial charge in [0.1, 0.15) is 12.6 Å². The predicted molar refractivity (Wildman–Crippen MR) is 130 cm³/mol. The minimum atomic E-state index is -1.02. The van der Waals surface area contributed by atoms with E-state index in [9.17, 15) is 29.1 Å². The highest BCUT2D eigenvalue weighted by atomic mass is 32.2. The number of hydrogen-bond acceptors (Lipinski definition) is 6. The number of carboxylic acid groups (broad SMARTS) is 1. The summed E-state index contributed by atoms with van der Waals surface area (Å²) in [6.07, 6.45) is 4.94. The van der Waals surface area contributed by atoms with Crippen LogP contribution < -0.4 is 21.9 Å².